The molecular weight excluding hydrogens is 300 g/mol. The van der Waals surface area contributed by atoms with Gasteiger partial charge in [0.25, 0.3) is 0 Å². The van der Waals surface area contributed by atoms with Crippen molar-refractivity contribution in [3.05, 3.63) is 11.6 Å². The van der Waals surface area contributed by atoms with E-state index in [-0.39, 0.29) is 16.7 Å². The summed E-state index contributed by atoms with van der Waals surface area (Å²) in [5.41, 5.74) is 1.67. The van der Waals surface area contributed by atoms with Gasteiger partial charge in [0.2, 0.25) is 0 Å². The summed E-state index contributed by atoms with van der Waals surface area (Å²) in [7, 11) is 0. The second-order valence-electron chi connectivity index (χ2n) is 9.74. The standard InChI is InChI=1S/C21H32O3/c1-19-10-8-14(22)12-13(19)4-5-15-16-6-7-18(21(3,23)24)20(16,2)11-9-17(15)19/h12,15-18,23-24H,4-11H2,1-3H3. The summed E-state index contributed by atoms with van der Waals surface area (Å²) < 4.78 is 0. The molecule has 3 nitrogen and oxygen atoms in total. The van der Waals surface area contributed by atoms with Crippen LogP contribution in [0.3, 0.4) is 0 Å². The Kier molecular flexibility index (Phi) is 3.61. The van der Waals surface area contributed by atoms with Crippen molar-refractivity contribution < 1.29 is 15.0 Å². The van der Waals surface area contributed by atoms with Crippen molar-refractivity contribution in [2.75, 3.05) is 0 Å². The van der Waals surface area contributed by atoms with Gasteiger partial charge in [-0.2, -0.15) is 0 Å². The predicted octanol–water partition coefficient (Wildman–Crippen LogP) is 3.84. The monoisotopic (exact) mass is 332 g/mol. The molecule has 0 spiro atoms. The van der Waals surface area contributed by atoms with Gasteiger partial charge in [-0.05, 0) is 86.5 Å². The highest BCUT2D eigenvalue weighted by Gasteiger charge is 2.61. The fourth-order valence-electron chi connectivity index (χ4n) is 7.46. The van der Waals surface area contributed by atoms with Crippen LogP contribution in [0.5, 0.6) is 0 Å². The first-order valence-corrected chi connectivity index (χ1v) is 9.85. The molecule has 24 heavy (non-hydrogen) atoms. The van der Waals surface area contributed by atoms with Gasteiger partial charge in [0.1, 0.15) is 0 Å². The van der Waals surface area contributed by atoms with Gasteiger partial charge in [-0.25, -0.2) is 0 Å². The zero-order valence-electron chi connectivity index (χ0n) is 15.3. The predicted molar refractivity (Wildman–Crippen MR) is 93.0 cm³/mol. The van der Waals surface area contributed by atoms with Crippen molar-refractivity contribution in [1.29, 1.82) is 0 Å². The quantitative estimate of drug-likeness (QED) is 0.717. The maximum absolute atomic E-state index is 11.9. The highest BCUT2D eigenvalue weighted by molar-refractivity contribution is 5.91. The molecule has 0 bridgehead atoms. The molecule has 3 saturated carbocycles. The van der Waals surface area contributed by atoms with Crippen molar-refractivity contribution in [3.63, 3.8) is 0 Å². The van der Waals surface area contributed by atoms with Gasteiger partial charge < -0.3 is 10.2 Å². The molecule has 6 atom stereocenters. The average molecular weight is 332 g/mol. The molecule has 0 saturated heterocycles. The fraction of sp³-hybridized carbons (Fsp3) is 0.857. The summed E-state index contributed by atoms with van der Waals surface area (Å²) >= 11 is 0. The van der Waals surface area contributed by atoms with Crippen molar-refractivity contribution in [2.45, 2.75) is 77.9 Å². The number of carbonyl (C=O) groups is 1. The van der Waals surface area contributed by atoms with E-state index in [0.717, 1.165) is 32.1 Å². The van der Waals surface area contributed by atoms with E-state index in [1.54, 1.807) is 6.92 Å². The maximum Gasteiger partial charge on any atom is 0.163 e. The Balaban J connectivity index is 1.66. The molecule has 4 aliphatic rings. The Hall–Kier alpha value is -0.670. The number of aliphatic hydroxyl groups is 2. The third-order valence-electron chi connectivity index (χ3n) is 8.62. The first kappa shape index (κ1) is 16.8. The summed E-state index contributed by atoms with van der Waals surface area (Å²) in [6, 6.07) is 0. The lowest BCUT2D eigenvalue weighted by molar-refractivity contribution is -0.218. The highest BCUT2D eigenvalue weighted by Crippen LogP contribution is 2.67. The zero-order valence-corrected chi connectivity index (χ0v) is 15.3. The normalized spacial score (nSPS) is 48.4. The van der Waals surface area contributed by atoms with Gasteiger partial charge in [-0.1, -0.05) is 19.4 Å². The lowest BCUT2D eigenvalue weighted by atomic mass is 9.46. The molecule has 3 heteroatoms. The molecule has 2 N–H and O–H groups in total. The Bertz CT molecular complexity index is 586. The number of fused-ring (bicyclic) bond motifs is 5. The Morgan fingerprint density at radius 3 is 2.50 bits per heavy atom. The molecule has 0 aromatic heterocycles. The number of rotatable bonds is 1. The van der Waals surface area contributed by atoms with Gasteiger partial charge in [-0.15, -0.1) is 0 Å². The molecule has 134 valence electrons. The van der Waals surface area contributed by atoms with Gasteiger partial charge in [0.05, 0.1) is 0 Å². The van der Waals surface area contributed by atoms with Gasteiger partial charge in [0.15, 0.2) is 11.6 Å². The van der Waals surface area contributed by atoms with Gasteiger partial charge >= 0.3 is 0 Å². The smallest absolute Gasteiger partial charge is 0.163 e. The number of carbonyl (C=O) groups excluding carboxylic acids is 1. The summed E-state index contributed by atoms with van der Waals surface area (Å²) in [6.07, 6.45) is 10.3. The Morgan fingerprint density at radius 2 is 1.79 bits per heavy atom. The Morgan fingerprint density at radius 1 is 1.04 bits per heavy atom. The molecule has 0 heterocycles. The molecule has 0 radical (unpaired) electrons. The number of ketones is 1. The zero-order chi connectivity index (χ0) is 17.3. The van der Waals surface area contributed by atoms with Crippen LogP contribution in [-0.2, 0) is 4.79 Å². The van der Waals surface area contributed by atoms with Crippen LogP contribution >= 0.6 is 0 Å². The number of allylic oxidation sites excluding steroid dienone is 1. The third-order valence-corrected chi connectivity index (χ3v) is 8.62. The summed E-state index contributed by atoms with van der Waals surface area (Å²) in [5, 5.41) is 20.6. The molecule has 0 amide bonds. The van der Waals surface area contributed by atoms with Crippen LogP contribution in [0.25, 0.3) is 0 Å². The second kappa shape index (κ2) is 5.17. The molecule has 4 rings (SSSR count). The number of hydrogen-bond acceptors (Lipinski definition) is 3. The van der Waals surface area contributed by atoms with E-state index >= 15 is 0 Å². The van der Waals surface area contributed by atoms with Crippen LogP contribution in [0.2, 0.25) is 0 Å². The summed E-state index contributed by atoms with van der Waals surface area (Å²) in [6.45, 7) is 6.29. The second-order valence-corrected chi connectivity index (χ2v) is 9.74. The molecule has 6 unspecified atom stereocenters. The highest BCUT2D eigenvalue weighted by atomic mass is 16.5. The topological polar surface area (TPSA) is 57.5 Å². The van der Waals surface area contributed by atoms with E-state index in [4.69, 9.17) is 0 Å². The maximum atomic E-state index is 11.9. The largest absolute Gasteiger partial charge is 0.366 e. The molecule has 4 aliphatic carbocycles. The third kappa shape index (κ3) is 2.20. The van der Waals surface area contributed by atoms with Crippen LogP contribution in [0.15, 0.2) is 11.6 Å². The first-order valence-electron chi connectivity index (χ1n) is 9.85. The van der Waals surface area contributed by atoms with E-state index in [9.17, 15) is 15.0 Å². The first-order chi connectivity index (χ1) is 11.2. The Labute approximate surface area is 145 Å². The van der Waals surface area contributed by atoms with Crippen LogP contribution in [-0.4, -0.2) is 21.8 Å². The van der Waals surface area contributed by atoms with Crippen molar-refractivity contribution in [3.8, 4) is 0 Å². The average Bonchev–Trinajstić information content (AvgIpc) is 2.85. The SMILES string of the molecule is CC(O)(O)C1CCC2C3CCC4=CC(=O)CCC4(C)C3CCC21C. The van der Waals surface area contributed by atoms with E-state index in [0.29, 0.717) is 30.0 Å². The van der Waals surface area contributed by atoms with E-state index in [1.165, 1.54) is 18.4 Å². The minimum Gasteiger partial charge on any atom is -0.366 e. The minimum absolute atomic E-state index is 0.00590. The van der Waals surface area contributed by atoms with E-state index < -0.39 is 5.79 Å². The van der Waals surface area contributed by atoms with Crippen molar-refractivity contribution in [1.82, 2.24) is 0 Å². The van der Waals surface area contributed by atoms with E-state index in [2.05, 4.69) is 13.8 Å². The van der Waals surface area contributed by atoms with Gasteiger partial charge in [-0.3, -0.25) is 4.79 Å². The van der Waals surface area contributed by atoms with Crippen LogP contribution in [0.1, 0.15) is 72.1 Å². The van der Waals surface area contributed by atoms with Crippen LogP contribution in [0, 0.1) is 34.5 Å². The lowest BCUT2D eigenvalue weighted by Gasteiger charge is -2.58. The van der Waals surface area contributed by atoms with Crippen molar-refractivity contribution >= 4 is 5.78 Å². The molecule has 0 aromatic rings. The van der Waals surface area contributed by atoms with Crippen LogP contribution in [0.4, 0.5) is 0 Å². The lowest BCUT2D eigenvalue weighted by Crippen LogP contribution is -2.53. The minimum atomic E-state index is -1.56. The van der Waals surface area contributed by atoms with Crippen LogP contribution < -0.4 is 0 Å². The molecular formula is C21H32O3. The molecule has 0 aliphatic heterocycles. The summed E-state index contributed by atoms with van der Waals surface area (Å²) in [4.78, 5) is 11.9. The van der Waals surface area contributed by atoms with Crippen molar-refractivity contribution in [2.24, 2.45) is 34.5 Å². The summed E-state index contributed by atoms with van der Waals surface area (Å²) in [5.74, 6) is 0.720. The molecule has 3 fully saturated rings. The molecule has 0 aromatic carbocycles. The van der Waals surface area contributed by atoms with E-state index in [1.807, 2.05) is 6.08 Å². The van der Waals surface area contributed by atoms with Gasteiger partial charge in [0, 0.05) is 12.3 Å². The number of hydrogen-bond donors (Lipinski definition) is 2. The fourth-order valence-corrected chi connectivity index (χ4v) is 7.46.